The molecule has 1 aromatic carbocycles. The van der Waals surface area contributed by atoms with Crippen molar-refractivity contribution in [3.05, 3.63) is 34.9 Å². The first-order valence-corrected chi connectivity index (χ1v) is 6.45. The maximum absolute atomic E-state index is 11.7. The molecule has 0 spiro atoms. The van der Waals surface area contributed by atoms with Gasteiger partial charge in [-0.05, 0) is 51.3 Å². The van der Waals surface area contributed by atoms with Gasteiger partial charge in [0.05, 0.1) is 4.75 Å². The summed E-state index contributed by atoms with van der Waals surface area (Å²) >= 11 is 0. The van der Waals surface area contributed by atoms with E-state index in [0.717, 1.165) is 5.56 Å². The minimum atomic E-state index is -1.18. The van der Waals surface area contributed by atoms with Gasteiger partial charge in [0.1, 0.15) is 11.0 Å². The van der Waals surface area contributed by atoms with Crippen LogP contribution in [0.25, 0.3) is 0 Å². The van der Waals surface area contributed by atoms with Gasteiger partial charge in [-0.25, -0.2) is 4.21 Å². The van der Waals surface area contributed by atoms with E-state index in [1.54, 1.807) is 6.21 Å². The average molecular weight is 237 g/mol. The Morgan fingerprint density at radius 3 is 2.44 bits per heavy atom. The minimum Gasteiger partial charge on any atom is -0.234 e. The van der Waals surface area contributed by atoms with E-state index in [1.165, 1.54) is 11.1 Å². The Bertz CT molecular complexity index is 430. The Morgan fingerprint density at radius 1 is 1.25 bits per heavy atom. The lowest BCUT2D eigenvalue weighted by atomic mass is 10.0. The molecule has 0 aliphatic heterocycles. The summed E-state index contributed by atoms with van der Waals surface area (Å²) in [4.78, 5) is 0. The summed E-state index contributed by atoms with van der Waals surface area (Å²) in [5.74, 6) is 0. The second-order valence-corrected chi connectivity index (χ2v) is 6.82. The molecular formula is C13H19NOS. The molecule has 16 heavy (non-hydrogen) atoms. The predicted molar refractivity (Wildman–Crippen MR) is 71.4 cm³/mol. The first-order valence-electron chi connectivity index (χ1n) is 5.34. The number of nitrogens with zero attached hydrogens (tertiary/aromatic N) is 1. The molecule has 2 nitrogen and oxygen atoms in total. The summed E-state index contributed by atoms with van der Waals surface area (Å²) in [5.41, 5.74) is 3.46. The molecule has 0 aliphatic rings. The Hall–Kier alpha value is -0.960. The molecule has 1 unspecified atom stereocenters. The van der Waals surface area contributed by atoms with Gasteiger partial charge in [0.2, 0.25) is 0 Å². The van der Waals surface area contributed by atoms with Crippen molar-refractivity contribution >= 4 is 17.2 Å². The summed E-state index contributed by atoms with van der Waals surface area (Å²) in [7, 11) is -1.18. The SMILES string of the molecule is Cc1cccc(C=NS(=O)C(C)(C)C)c1C. The van der Waals surface area contributed by atoms with Crippen LogP contribution in [0, 0.1) is 13.8 Å². The molecule has 0 saturated heterocycles. The number of benzene rings is 1. The molecule has 1 aromatic rings. The molecule has 88 valence electrons. The molecule has 0 bridgehead atoms. The molecule has 1 atom stereocenters. The van der Waals surface area contributed by atoms with E-state index in [4.69, 9.17) is 0 Å². The normalized spacial score (nSPS) is 14.3. The van der Waals surface area contributed by atoms with Crippen LogP contribution in [-0.4, -0.2) is 15.2 Å². The lowest BCUT2D eigenvalue weighted by Gasteiger charge is -2.13. The Labute approximate surface area is 100 Å². The van der Waals surface area contributed by atoms with Crippen LogP contribution < -0.4 is 0 Å². The molecule has 3 heteroatoms. The fourth-order valence-electron chi connectivity index (χ4n) is 1.18. The summed E-state index contributed by atoms with van der Waals surface area (Å²) in [6.07, 6.45) is 1.71. The third-order valence-electron chi connectivity index (χ3n) is 2.46. The van der Waals surface area contributed by atoms with Crippen molar-refractivity contribution in [3.8, 4) is 0 Å². The van der Waals surface area contributed by atoms with Gasteiger partial charge in [-0.15, -0.1) is 0 Å². The molecule has 0 aromatic heterocycles. The summed E-state index contributed by atoms with van der Waals surface area (Å²) < 4.78 is 15.6. The molecule has 0 saturated carbocycles. The van der Waals surface area contributed by atoms with Gasteiger partial charge in [0.15, 0.2) is 0 Å². The highest BCUT2D eigenvalue weighted by molar-refractivity contribution is 7.85. The van der Waals surface area contributed by atoms with Crippen LogP contribution in [0.5, 0.6) is 0 Å². The van der Waals surface area contributed by atoms with E-state index in [9.17, 15) is 4.21 Å². The summed E-state index contributed by atoms with van der Waals surface area (Å²) in [6.45, 7) is 9.88. The predicted octanol–water partition coefficient (Wildman–Crippen LogP) is 3.18. The van der Waals surface area contributed by atoms with Gasteiger partial charge in [0, 0.05) is 6.21 Å². The van der Waals surface area contributed by atoms with E-state index in [2.05, 4.69) is 24.3 Å². The van der Waals surface area contributed by atoms with Crippen LogP contribution in [0.15, 0.2) is 22.6 Å². The van der Waals surface area contributed by atoms with Crippen LogP contribution in [0.3, 0.4) is 0 Å². The van der Waals surface area contributed by atoms with Crippen molar-refractivity contribution in [1.29, 1.82) is 0 Å². The number of hydrogen-bond donors (Lipinski definition) is 0. The molecular weight excluding hydrogens is 218 g/mol. The first-order chi connectivity index (χ1) is 7.32. The van der Waals surface area contributed by atoms with E-state index in [-0.39, 0.29) is 4.75 Å². The molecule has 0 amide bonds. The largest absolute Gasteiger partial charge is 0.234 e. The highest BCUT2D eigenvalue weighted by atomic mass is 32.2. The van der Waals surface area contributed by atoms with E-state index < -0.39 is 11.0 Å². The maximum Gasteiger partial charge on any atom is 0.144 e. The van der Waals surface area contributed by atoms with Gasteiger partial charge in [-0.2, -0.15) is 4.40 Å². The van der Waals surface area contributed by atoms with E-state index in [0.29, 0.717) is 0 Å². The van der Waals surface area contributed by atoms with Crippen molar-refractivity contribution in [2.24, 2.45) is 4.40 Å². The molecule has 0 heterocycles. The highest BCUT2D eigenvalue weighted by Crippen LogP contribution is 2.14. The molecule has 1 rings (SSSR count). The van der Waals surface area contributed by atoms with Gasteiger partial charge in [-0.3, -0.25) is 0 Å². The van der Waals surface area contributed by atoms with Crippen molar-refractivity contribution in [1.82, 2.24) is 0 Å². The van der Waals surface area contributed by atoms with Gasteiger partial charge < -0.3 is 0 Å². The van der Waals surface area contributed by atoms with Crippen LogP contribution in [0.1, 0.15) is 37.5 Å². The first kappa shape index (κ1) is 13.1. The monoisotopic (exact) mass is 237 g/mol. The summed E-state index contributed by atoms with van der Waals surface area (Å²) in [6, 6.07) is 6.04. The Morgan fingerprint density at radius 2 is 1.88 bits per heavy atom. The third kappa shape index (κ3) is 3.27. The van der Waals surface area contributed by atoms with Crippen LogP contribution in [-0.2, 0) is 11.0 Å². The topological polar surface area (TPSA) is 29.4 Å². The van der Waals surface area contributed by atoms with Crippen molar-refractivity contribution in [3.63, 3.8) is 0 Å². The average Bonchev–Trinajstić information content (AvgIpc) is 2.18. The van der Waals surface area contributed by atoms with Crippen molar-refractivity contribution in [2.45, 2.75) is 39.4 Å². The second kappa shape index (κ2) is 4.91. The standard InChI is InChI=1S/C13H19NOS/c1-10-7-6-8-12(11(10)2)9-14-16(15)13(3,4)5/h6-9H,1-5H3. The molecule has 0 fully saturated rings. The minimum absolute atomic E-state index is 0.297. The zero-order valence-electron chi connectivity index (χ0n) is 10.6. The van der Waals surface area contributed by atoms with Crippen molar-refractivity contribution in [2.75, 3.05) is 0 Å². The van der Waals surface area contributed by atoms with Crippen LogP contribution in [0.4, 0.5) is 0 Å². The number of rotatable bonds is 2. The second-order valence-electron chi connectivity index (χ2n) is 4.89. The smallest absolute Gasteiger partial charge is 0.144 e. The molecule has 0 aliphatic carbocycles. The quantitative estimate of drug-likeness (QED) is 0.726. The fourth-order valence-corrected chi connectivity index (χ4v) is 1.70. The lowest BCUT2D eigenvalue weighted by Crippen LogP contribution is -2.19. The highest BCUT2D eigenvalue weighted by Gasteiger charge is 2.18. The van der Waals surface area contributed by atoms with Crippen LogP contribution in [0.2, 0.25) is 0 Å². The lowest BCUT2D eigenvalue weighted by molar-refractivity contribution is 0.651. The van der Waals surface area contributed by atoms with Crippen LogP contribution >= 0.6 is 0 Å². The Balaban J connectivity index is 2.94. The molecule has 0 radical (unpaired) electrons. The van der Waals surface area contributed by atoms with Crippen molar-refractivity contribution < 1.29 is 4.21 Å². The maximum atomic E-state index is 11.7. The third-order valence-corrected chi connectivity index (χ3v) is 3.80. The van der Waals surface area contributed by atoms with E-state index in [1.807, 2.05) is 32.9 Å². The van der Waals surface area contributed by atoms with Gasteiger partial charge in [0.25, 0.3) is 0 Å². The summed E-state index contributed by atoms with van der Waals surface area (Å²) in [5, 5.41) is 0. The number of aryl methyl sites for hydroxylation is 1. The zero-order chi connectivity index (χ0) is 12.3. The van der Waals surface area contributed by atoms with Gasteiger partial charge in [-0.1, -0.05) is 18.2 Å². The van der Waals surface area contributed by atoms with E-state index >= 15 is 0 Å². The molecule has 0 N–H and O–H groups in total. The Kier molecular flexibility index (Phi) is 4.03. The van der Waals surface area contributed by atoms with Gasteiger partial charge >= 0.3 is 0 Å². The fraction of sp³-hybridized carbons (Fsp3) is 0.462. The zero-order valence-corrected chi connectivity index (χ0v) is 11.4. The number of hydrogen-bond acceptors (Lipinski definition) is 1.